The summed E-state index contributed by atoms with van der Waals surface area (Å²) < 4.78 is 4.91. The smallest absolute Gasteiger partial charge is 0.256 e. The molecule has 1 saturated heterocycles. The third-order valence-corrected chi connectivity index (χ3v) is 6.89. The highest BCUT2D eigenvalue weighted by atomic mass is 16.5. The van der Waals surface area contributed by atoms with Crippen LogP contribution >= 0.6 is 0 Å². The summed E-state index contributed by atoms with van der Waals surface area (Å²) in [4.78, 5) is 44.9. The number of hydrogen-bond acceptors (Lipinski definition) is 5. The first kappa shape index (κ1) is 28.2. The highest BCUT2D eigenvalue weighted by Crippen LogP contribution is 2.28. The number of hydrogen-bond donors (Lipinski definition) is 1. The molecule has 0 radical (unpaired) electrons. The summed E-state index contributed by atoms with van der Waals surface area (Å²) in [6.07, 6.45) is 1.56. The molecule has 3 rings (SSSR count). The zero-order chi connectivity index (χ0) is 26.8. The van der Waals surface area contributed by atoms with Gasteiger partial charge in [-0.25, -0.2) is 0 Å². The van der Waals surface area contributed by atoms with Gasteiger partial charge in [0.15, 0.2) is 0 Å². The number of methoxy groups -OCH3 is 1. The van der Waals surface area contributed by atoms with E-state index < -0.39 is 0 Å². The number of anilines is 2. The van der Waals surface area contributed by atoms with Crippen LogP contribution < -0.4 is 10.2 Å². The monoisotopic (exact) mass is 508 g/mol. The van der Waals surface area contributed by atoms with E-state index in [1.165, 1.54) is 7.11 Å². The van der Waals surface area contributed by atoms with Crippen LogP contribution in [0.1, 0.15) is 55.5 Å². The summed E-state index contributed by atoms with van der Waals surface area (Å²) in [6, 6.07) is 15.4. The van der Waals surface area contributed by atoms with Gasteiger partial charge in [-0.1, -0.05) is 37.3 Å². The summed E-state index contributed by atoms with van der Waals surface area (Å²) in [7, 11) is 1.47. The summed E-state index contributed by atoms with van der Waals surface area (Å²) >= 11 is 0. The molecule has 1 aliphatic heterocycles. The molecule has 0 bridgehead atoms. The largest absolute Gasteiger partial charge is 0.375 e. The standard InChI is InChI=1S/C29H40N4O4/c1-5-24(22-12-9-8-10-13-22)28(35)33-17-11-16-32(18-19-33)26-15-14-23(30-27(34)21-37-4)20-25(26)29(36)31(6-2)7-3/h8-10,12-15,20,24H,5-7,11,16-19,21H2,1-4H3,(H,30,34)/t24-/m1/s1. The Morgan fingerprint density at radius 3 is 2.35 bits per heavy atom. The van der Waals surface area contributed by atoms with Crippen molar-refractivity contribution < 1.29 is 19.1 Å². The molecular formula is C29H40N4O4. The van der Waals surface area contributed by atoms with E-state index in [0.29, 0.717) is 44.0 Å². The molecule has 2 aromatic carbocycles. The minimum Gasteiger partial charge on any atom is -0.375 e. The molecule has 0 unspecified atom stereocenters. The third-order valence-electron chi connectivity index (χ3n) is 6.89. The van der Waals surface area contributed by atoms with Crippen LogP contribution in [0.15, 0.2) is 48.5 Å². The fourth-order valence-electron chi connectivity index (χ4n) is 4.91. The maximum absolute atomic E-state index is 13.5. The van der Waals surface area contributed by atoms with E-state index in [0.717, 1.165) is 30.6 Å². The summed E-state index contributed by atoms with van der Waals surface area (Å²) in [6.45, 7) is 9.73. The van der Waals surface area contributed by atoms with Crippen LogP contribution in [-0.2, 0) is 14.3 Å². The molecule has 0 aliphatic carbocycles. The predicted octanol–water partition coefficient (Wildman–Crippen LogP) is 3.99. The van der Waals surface area contributed by atoms with E-state index in [2.05, 4.69) is 17.1 Å². The molecule has 3 amide bonds. The van der Waals surface area contributed by atoms with Crippen LogP contribution in [0.2, 0.25) is 0 Å². The topological polar surface area (TPSA) is 82.2 Å². The van der Waals surface area contributed by atoms with Gasteiger partial charge in [0.2, 0.25) is 11.8 Å². The van der Waals surface area contributed by atoms with E-state index in [4.69, 9.17) is 4.74 Å². The molecule has 8 nitrogen and oxygen atoms in total. The molecule has 200 valence electrons. The fraction of sp³-hybridized carbons (Fsp3) is 0.483. The number of benzene rings is 2. The van der Waals surface area contributed by atoms with Crippen LogP contribution in [0.3, 0.4) is 0 Å². The van der Waals surface area contributed by atoms with Gasteiger partial charge in [-0.3, -0.25) is 14.4 Å². The summed E-state index contributed by atoms with van der Waals surface area (Å²) in [5.74, 6) is -0.340. The zero-order valence-corrected chi connectivity index (χ0v) is 22.5. The lowest BCUT2D eigenvalue weighted by molar-refractivity contribution is -0.132. The number of nitrogens with zero attached hydrogens (tertiary/aromatic N) is 3. The number of nitrogens with one attached hydrogen (secondary N) is 1. The van der Waals surface area contributed by atoms with Crippen molar-refractivity contribution >= 4 is 29.1 Å². The average Bonchev–Trinajstić information content (AvgIpc) is 3.17. The van der Waals surface area contributed by atoms with Crippen molar-refractivity contribution in [3.05, 3.63) is 59.7 Å². The fourth-order valence-corrected chi connectivity index (χ4v) is 4.91. The predicted molar refractivity (Wildman–Crippen MR) is 147 cm³/mol. The lowest BCUT2D eigenvalue weighted by atomic mass is 9.95. The number of ether oxygens (including phenoxy) is 1. The van der Waals surface area contributed by atoms with Crippen molar-refractivity contribution in [1.29, 1.82) is 0 Å². The third kappa shape index (κ3) is 7.10. The number of amides is 3. The molecular weight excluding hydrogens is 468 g/mol. The van der Waals surface area contributed by atoms with Crippen molar-refractivity contribution in [2.45, 2.75) is 39.5 Å². The van der Waals surface area contributed by atoms with Crippen LogP contribution in [0.25, 0.3) is 0 Å². The Labute approximate surface area is 220 Å². The van der Waals surface area contributed by atoms with E-state index >= 15 is 0 Å². The molecule has 37 heavy (non-hydrogen) atoms. The van der Waals surface area contributed by atoms with E-state index in [1.807, 2.05) is 61.2 Å². The minimum absolute atomic E-state index is 0.0567. The lowest BCUT2D eigenvalue weighted by Crippen LogP contribution is -2.38. The summed E-state index contributed by atoms with van der Waals surface area (Å²) in [5.41, 5.74) is 2.98. The highest BCUT2D eigenvalue weighted by Gasteiger charge is 2.28. The molecule has 2 aromatic rings. The Bertz CT molecular complexity index is 1060. The SMILES string of the molecule is CC[C@@H](C(=O)N1CCCN(c2ccc(NC(=O)COC)cc2C(=O)N(CC)CC)CC1)c1ccccc1. The van der Waals surface area contributed by atoms with Crippen molar-refractivity contribution in [1.82, 2.24) is 9.80 Å². The number of carbonyl (C=O) groups is 3. The van der Waals surface area contributed by atoms with E-state index in [1.54, 1.807) is 11.0 Å². The van der Waals surface area contributed by atoms with Gasteiger partial charge in [-0.15, -0.1) is 0 Å². The first-order valence-electron chi connectivity index (χ1n) is 13.2. The van der Waals surface area contributed by atoms with E-state index in [9.17, 15) is 14.4 Å². The molecule has 1 fully saturated rings. The first-order valence-corrected chi connectivity index (χ1v) is 13.2. The van der Waals surface area contributed by atoms with Crippen LogP contribution in [0, 0.1) is 0 Å². The van der Waals surface area contributed by atoms with Gasteiger partial charge in [0.25, 0.3) is 5.91 Å². The first-order chi connectivity index (χ1) is 17.9. The molecule has 8 heteroatoms. The van der Waals surface area contributed by atoms with Crippen LogP contribution in [0.5, 0.6) is 0 Å². The van der Waals surface area contributed by atoms with Gasteiger partial charge in [0.1, 0.15) is 6.61 Å². The van der Waals surface area contributed by atoms with Crippen molar-refractivity contribution in [2.24, 2.45) is 0 Å². The molecule has 1 N–H and O–H groups in total. The Morgan fingerprint density at radius 2 is 1.70 bits per heavy atom. The molecule has 1 aliphatic rings. The molecule has 0 spiro atoms. The normalized spacial score (nSPS) is 14.6. The molecule has 0 saturated carbocycles. The van der Waals surface area contributed by atoms with Crippen LogP contribution in [0.4, 0.5) is 11.4 Å². The second kappa shape index (κ2) is 13.8. The Balaban J connectivity index is 1.83. The molecule has 0 aromatic heterocycles. The zero-order valence-electron chi connectivity index (χ0n) is 22.5. The van der Waals surface area contributed by atoms with Gasteiger partial charge >= 0.3 is 0 Å². The number of rotatable bonds is 10. The van der Waals surface area contributed by atoms with Crippen molar-refractivity contribution in [3.8, 4) is 0 Å². The maximum Gasteiger partial charge on any atom is 0.256 e. The van der Waals surface area contributed by atoms with Gasteiger partial charge < -0.3 is 24.8 Å². The van der Waals surface area contributed by atoms with Crippen LogP contribution in [-0.4, -0.2) is 80.5 Å². The molecule has 1 atom stereocenters. The number of carbonyl (C=O) groups excluding carboxylic acids is 3. The van der Waals surface area contributed by atoms with Gasteiger partial charge in [-0.05, 0) is 50.5 Å². The van der Waals surface area contributed by atoms with Crippen molar-refractivity contribution in [3.63, 3.8) is 0 Å². The Hall–Kier alpha value is -3.39. The van der Waals surface area contributed by atoms with Crippen molar-refractivity contribution in [2.75, 3.05) is 63.2 Å². The lowest BCUT2D eigenvalue weighted by Gasteiger charge is -2.29. The maximum atomic E-state index is 13.5. The quantitative estimate of drug-likeness (QED) is 0.525. The second-order valence-electron chi connectivity index (χ2n) is 9.23. The second-order valence-corrected chi connectivity index (χ2v) is 9.23. The Morgan fingerprint density at radius 1 is 0.973 bits per heavy atom. The van der Waals surface area contributed by atoms with Gasteiger partial charge in [0.05, 0.1) is 11.5 Å². The highest BCUT2D eigenvalue weighted by molar-refractivity contribution is 6.02. The summed E-state index contributed by atoms with van der Waals surface area (Å²) in [5, 5.41) is 2.81. The average molecular weight is 509 g/mol. The van der Waals surface area contributed by atoms with Gasteiger partial charge in [-0.2, -0.15) is 0 Å². The minimum atomic E-state index is -0.274. The molecule has 1 heterocycles. The van der Waals surface area contributed by atoms with Gasteiger partial charge in [0, 0.05) is 57.8 Å². The van der Waals surface area contributed by atoms with E-state index in [-0.39, 0.29) is 30.2 Å². The Kier molecular flexibility index (Phi) is 10.5.